The molecule has 0 saturated carbocycles. The molecule has 2 N–H and O–H groups in total. The van der Waals surface area contributed by atoms with Gasteiger partial charge in [-0.3, -0.25) is 9.36 Å². The molecule has 0 spiro atoms. The van der Waals surface area contributed by atoms with E-state index in [1.54, 1.807) is 10.8 Å². The summed E-state index contributed by atoms with van der Waals surface area (Å²) in [6.45, 7) is 18.9. The quantitative estimate of drug-likeness (QED) is 0.214. The third kappa shape index (κ3) is 6.86. The molecule has 2 amide bonds. The van der Waals surface area contributed by atoms with Crippen molar-refractivity contribution in [1.29, 1.82) is 0 Å². The van der Waals surface area contributed by atoms with E-state index in [1.807, 2.05) is 31.2 Å². The average molecular weight is 608 g/mol. The number of allylic oxidation sites excluding steroid dienone is 4. The first kappa shape index (κ1) is 33.6. The predicted molar refractivity (Wildman–Crippen MR) is 188 cm³/mol. The van der Waals surface area contributed by atoms with E-state index in [1.165, 1.54) is 0 Å². The Balaban J connectivity index is 1.97. The second-order valence-electron chi connectivity index (χ2n) is 12.3. The monoisotopic (exact) mass is 607 g/mol. The van der Waals surface area contributed by atoms with Gasteiger partial charge in [-0.25, -0.2) is 9.78 Å². The number of pyridine rings is 2. The van der Waals surface area contributed by atoms with E-state index in [0.717, 1.165) is 53.8 Å². The number of hydrogen-bond acceptors (Lipinski definition) is 4. The Labute approximate surface area is 268 Å². The van der Waals surface area contributed by atoms with E-state index in [0.29, 0.717) is 24.2 Å². The van der Waals surface area contributed by atoms with Crippen molar-refractivity contribution >= 4 is 28.4 Å². The van der Waals surface area contributed by atoms with Gasteiger partial charge in [0.05, 0.1) is 5.41 Å². The number of para-hydroxylation sites is 1. The molecular weight excluding hydrogens is 558 g/mol. The molecule has 1 aromatic carbocycles. The predicted octanol–water partition coefficient (Wildman–Crippen LogP) is 8.53. The molecule has 4 rings (SSSR count). The Kier molecular flexibility index (Phi) is 10.9. The third-order valence-corrected chi connectivity index (χ3v) is 8.70. The lowest BCUT2D eigenvalue weighted by atomic mass is 9.72. The Morgan fingerprint density at radius 2 is 1.69 bits per heavy atom. The number of unbranched alkanes of at least 4 members (excludes halogenated alkanes) is 1. The average Bonchev–Trinajstić information content (AvgIpc) is 3.02. The molecule has 1 aliphatic rings. The summed E-state index contributed by atoms with van der Waals surface area (Å²) in [4.78, 5) is 35.6. The van der Waals surface area contributed by atoms with Crippen LogP contribution in [0.5, 0.6) is 0 Å². The van der Waals surface area contributed by atoms with Gasteiger partial charge < -0.3 is 15.5 Å². The summed E-state index contributed by atoms with van der Waals surface area (Å²) in [6.07, 6.45) is 10.2. The summed E-state index contributed by atoms with van der Waals surface area (Å²) >= 11 is 0. The highest BCUT2D eigenvalue weighted by Gasteiger charge is 2.38. The first-order valence-electron chi connectivity index (χ1n) is 16.4. The summed E-state index contributed by atoms with van der Waals surface area (Å²) < 4.78 is 1.71. The topological polar surface area (TPSA) is 79.3 Å². The summed E-state index contributed by atoms with van der Waals surface area (Å²) in [5.41, 5.74) is 4.44. The number of aryl methyl sites for hydroxylation is 1. The molecule has 45 heavy (non-hydrogen) atoms. The number of nitrogens with one attached hydrogen (secondary N) is 2. The Morgan fingerprint density at radius 1 is 1.02 bits per heavy atom. The van der Waals surface area contributed by atoms with Gasteiger partial charge in [0, 0.05) is 54.6 Å². The number of nitrogens with zero attached hydrogens (tertiary/aromatic N) is 3. The number of benzene rings is 1. The second kappa shape index (κ2) is 14.6. The van der Waals surface area contributed by atoms with E-state index in [9.17, 15) is 9.59 Å². The SMILES string of the molecule is CC#CC1(c2c(NC(=O)Nc3c(C(C)C)cccc3C(C)C)c(=O)n(CCCC)c3ncccc23)C=CC=C(N(CC)CC)C1. The molecule has 3 aromatic rings. The number of fused-ring (bicyclic) bond motifs is 1. The van der Waals surface area contributed by atoms with Crippen molar-refractivity contribution in [2.24, 2.45) is 0 Å². The van der Waals surface area contributed by atoms with Crippen LogP contribution >= 0.6 is 0 Å². The fraction of sp³-hybridized carbons (Fsp3) is 0.447. The van der Waals surface area contributed by atoms with E-state index >= 15 is 0 Å². The summed E-state index contributed by atoms with van der Waals surface area (Å²) in [5, 5.41) is 7.04. The molecular formula is C38H49N5O2. The van der Waals surface area contributed by atoms with E-state index in [-0.39, 0.29) is 23.1 Å². The molecule has 1 aliphatic carbocycles. The van der Waals surface area contributed by atoms with Crippen LogP contribution in [0, 0.1) is 11.8 Å². The van der Waals surface area contributed by atoms with Gasteiger partial charge in [-0.1, -0.05) is 77.3 Å². The van der Waals surface area contributed by atoms with Crippen molar-refractivity contribution in [2.45, 2.75) is 98.4 Å². The minimum atomic E-state index is -0.854. The maximum atomic E-state index is 14.5. The van der Waals surface area contributed by atoms with E-state index < -0.39 is 11.4 Å². The molecule has 0 aliphatic heterocycles. The van der Waals surface area contributed by atoms with Crippen LogP contribution in [-0.4, -0.2) is 33.6 Å². The zero-order chi connectivity index (χ0) is 32.7. The van der Waals surface area contributed by atoms with Gasteiger partial charge in [0.25, 0.3) is 5.56 Å². The number of hydrogen-bond donors (Lipinski definition) is 2. The molecule has 0 radical (unpaired) electrons. The van der Waals surface area contributed by atoms with Gasteiger partial charge in [0.15, 0.2) is 0 Å². The molecule has 0 bridgehead atoms. The molecule has 2 aromatic heterocycles. The third-order valence-electron chi connectivity index (χ3n) is 8.70. The number of carbonyl (C=O) groups excluding carboxylic acids is 1. The van der Waals surface area contributed by atoms with Gasteiger partial charge in [0.2, 0.25) is 0 Å². The fourth-order valence-electron chi connectivity index (χ4n) is 6.45. The lowest BCUT2D eigenvalue weighted by Crippen LogP contribution is -2.37. The van der Waals surface area contributed by atoms with Gasteiger partial charge >= 0.3 is 6.03 Å². The Morgan fingerprint density at radius 3 is 2.29 bits per heavy atom. The molecule has 238 valence electrons. The zero-order valence-corrected chi connectivity index (χ0v) is 28.3. The number of rotatable bonds is 11. The van der Waals surface area contributed by atoms with Gasteiger partial charge in [-0.15, -0.1) is 5.92 Å². The van der Waals surface area contributed by atoms with Crippen LogP contribution in [0.15, 0.2) is 65.2 Å². The first-order chi connectivity index (χ1) is 21.6. The van der Waals surface area contributed by atoms with Crippen LogP contribution in [0.25, 0.3) is 11.0 Å². The number of urea groups is 1. The number of anilines is 2. The van der Waals surface area contributed by atoms with Gasteiger partial charge in [-0.2, -0.15) is 0 Å². The smallest absolute Gasteiger partial charge is 0.323 e. The highest BCUT2D eigenvalue weighted by atomic mass is 16.2. The zero-order valence-electron chi connectivity index (χ0n) is 28.3. The minimum absolute atomic E-state index is 0.202. The van der Waals surface area contributed by atoms with Crippen molar-refractivity contribution in [3.05, 3.63) is 87.5 Å². The van der Waals surface area contributed by atoms with Crippen molar-refractivity contribution in [2.75, 3.05) is 23.7 Å². The maximum absolute atomic E-state index is 14.5. The van der Waals surface area contributed by atoms with Crippen LogP contribution in [0.1, 0.15) is 103 Å². The number of aromatic nitrogens is 2. The Hall–Kier alpha value is -4.31. The lowest BCUT2D eigenvalue weighted by Gasteiger charge is -2.36. The van der Waals surface area contributed by atoms with Crippen LogP contribution in [0.4, 0.5) is 16.2 Å². The van der Waals surface area contributed by atoms with Crippen molar-refractivity contribution < 1.29 is 4.79 Å². The largest absolute Gasteiger partial charge is 0.375 e. The van der Waals surface area contributed by atoms with Gasteiger partial charge in [0.1, 0.15) is 11.3 Å². The Bertz CT molecular complexity index is 1690. The summed E-state index contributed by atoms with van der Waals surface area (Å²) in [5.74, 6) is 7.05. The van der Waals surface area contributed by atoms with E-state index in [2.05, 4.69) is 100 Å². The molecule has 2 heterocycles. The van der Waals surface area contributed by atoms with Gasteiger partial charge in [-0.05, 0) is 68.4 Å². The maximum Gasteiger partial charge on any atom is 0.323 e. The standard InChI is InChI=1S/C38H49N5O2/c1-9-13-24-43-35-31(20-16-23-39-35)32(38(21-10-2)22-15-17-28(25-38)42(11-3)12-4)34(36(43)44)41-37(45)40-33-29(26(5)6)18-14-19-30(33)27(7)8/h14-20,22-23,26-27H,9,11-13,24-25H2,1-8H3,(H2,40,41,45). The summed E-state index contributed by atoms with van der Waals surface area (Å²) in [6, 6.07) is 9.58. The minimum Gasteiger partial charge on any atom is -0.375 e. The second-order valence-corrected chi connectivity index (χ2v) is 12.3. The van der Waals surface area contributed by atoms with Crippen LogP contribution in [-0.2, 0) is 12.0 Å². The molecule has 0 fully saturated rings. The van der Waals surface area contributed by atoms with Crippen LogP contribution in [0.2, 0.25) is 0 Å². The number of carbonyl (C=O) groups is 1. The van der Waals surface area contributed by atoms with Crippen LogP contribution < -0.4 is 16.2 Å². The number of amides is 2. The summed E-state index contributed by atoms with van der Waals surface area (Å²) in [7, 11) is 0. The van der Waals surface area contributed by atoms with Crippen molar-refractivity contribution in [1.82, 2.24) is 14.5 Å². The molecule has 1 unspecified atom stereocenters. The molecule has 0 saturated heterocycles. The normalized spacial score (nSPS) is 16.0. The van der Waals surface area contributed by atoms with E-state index in [4.69, 9.17) is 4.98 Å². The lowest BCUT2D eigenvalue weighted by molar-refractivity contribution is 0.262. The molecule has 1 atom stereocenters. The van der Waals surface area contributed by atoms with Crippen LogP contribution in [0.3, 0.4) is 0 Å². The fourth-order valence-corrected chi connectivity index (χ4v) is 6.45. The van der Waals surface area contributed by atoms with Crippen molar-refractivity contribution in [3.8, 4) is 11.8 Å². The highest BCUT2D eigenvalue weighted by molar-refractivity contribution is 6.03. The molecule has 7 nitrogen and oxygen atoms in total. The molecule has 7 heteroatoms. The van der Waals surface area contributed by atoms with Crippen molar-refractivity contribution in [3.63, 3.8) is 0 Å². The first-order valence-corrected chi connectivity index (χ1v) is 16.4. The highest BCUT2D eigenvalue weighted by Crippen LogP contribution is 2.42.